The fourth-order valence-corrected chi connectivity index (χ4v) is 6.01. The molecule has 0 atom stereocenters. The van der Waals surface area contributed by atoms with E-state index in [0.29, 0.717) is 5.75 Å². The Morgan fingerprint density at radius 2 is 1.56 bits per heavy atom. The number of aryl methyl sites for hydroxylation is 1. The second kappa shape index (κ2) is 11.5. The highest BCUT2D eigenvalue weighted by molar-refractivity contribution is 7.93. The number of hydrogen-bond donors (Lipinski definition) is 2. The number of anilines is 3. The zero-order valence-corrected chi connectivity index (χ0v) is 22.7. The van der Waals surface area contributed by atoms with Crippen molar-refractivity contribution in [2.45, 2.75) is 16.7 Å². The molecule has 0 spiro atoms. The fourth-order valence-electron chi connectivity index (χ4n) is 3.59. The van der Waals surface area contributed by atoms with Gasteiger partial charge in [-0.3, -0.25) is 13.8 Å². The van der Waals surface area contributed by atoms with Crippen LogP contribution in [0.25, 0.3) is 0 Å². The third-order valence-electron chi connectivity index (χ3n) is 5.59. The van der Waals surface area contributed by atoms with E-state index in [1.54, 1.807) is 42.5 Å². The fraction of sp³-hybridized carbons (Fsp3) is 0.111. The number of hydrogen-bond acceptors (Lipinski definition) is 7. The van der Waals surface area contributed by atoms with E-state index in [2.05, 4.69) is 15.0 Å². The van der Waals surface area contributed by atoms with Crippen molar-refractivity contribution in [2.75, 3.05) is 28.0 Å². The topological polar surface area (TPSA) is 135 Å². The number of nitrogens with one attached hydrogen (secondary N) is 2. The summed E-state index contributed by atoms with van der Waals surface area (Å²) in [6, 6.07) is 23.0. The first kappa shape index (κ1) is 27.6. The van der Waals surface area contributed by atoms with Crippen LogP contribution in [0.2, 0.25) is 0 Å². The van der Waals surface area contributed by atoms with Crippen LogP contribution in [0, 0.1) is 6.92 Å². The Morgan fingerprint density at radius 1 is 0.872 bits per heavy atom. The van der Waals surface area contributed by atoms with E-state index in [1.165, 1.54) is 61.8 Å². The maximum atomic E-state index is 13.6. The van der Waals surface area contributed by atoms with Crippen LogP contribution in [0.1, 0.15) is 5.56 Å². The molecular formula is C27H26N4O6S2. The molecule has 0 aliphatic carbocycles. The van der Waals surface area contributed by atoms with Gasteiger partial charge in [0.05, 0.1) is 22.6 Å². The third kappa shape index (κ3) is 6.72. The number of carbonyl (C=O) groups is 1. The van der Waals surface area contributed by atoms with Crippen molar-refractivity contribution in [3.05, 3.63) is 103 Å². The van der Waals surface area contributed by atoms with E-state index < -0.39 is 32.5 Å². The SMILES string of the molecule is COc1cccc(N(CC(=O)Nc2ccc(S(=O)(=O)Nc3ccccn3)cc2)S(=O)(=O)c2ccc(C)cc2)c1. The third-order valence-corrected chi connectivity index (χ3v) is 8.75. The molecule has 0 bridgehead atoms. The van der Waals surface area contributed by atoms with Gasteiger partial charge in [0.25, 0.3) is 20.0 Å². The number of benzene rings is 3. The van der Waals surface area contributed by atoms with Gasteiger partial charge in [-0.05, 0) is 67.6 Å². The molecule has 0 unspecified atom stereocenters. The van der Waals surface area contributed by atoms with Gasteiger partial charge < -0.3 is 10.1 Å². The van der Waals surface area contributed by atoms with E-state index in [9.17, 15) is 21.6 Å². The largest absolute Gasteiger partial charge is 0.497 e. The standard InChI is InChI=1S/C27H26N4O6S2/c1-20-9-13-25(14-10-20)39(35,36)31(22-6-5-7-23(18-22)37-2)19-27(32)29-21-11-15-24(16-12-21)38(33,34)30-26-8-3-4-17-28-26/h3-18H,19H2,1-2H3,(H,28,30)(H,29,32). The first-order valence-electron chi connectivity index (χ1n) is 11.7. The minimum absolute atomic E-state index is 0.0266. The Labute approximate surface area is 227 Å². The number of rotatable bonds is 10. The molecule has 202 valence electrons. The van der Waals surface area contributed by atoms with Crippen LogP contribution in [0.3, 0.4) is 0 Å². The van der Waals surface area contributed by atoms with E-state index in [1.807, 2.05) is 6.92 Å². The summed E-state index contributed by atoms with van der Waals surface area (Å²) in [5, 5.41) is 2.63. The highest BCUT2D eigenvalue weighted by Gasteiger charge is 2.27. The first-order valence-corrected chi connectivity index (χ1v) is 14.6. The normalized spacial score (nSPS) is 11.4. The summed E-state index contributed by atoms with van der Waals surface area (Å²) in [6.07, 6.45) is 1.46. The molecule has 1 amide bonds. The minimum atomic E-state index is -4.12. The zero-order chi connectivity index (χ0) is 28.0. The molecule has 39 heavy (non-hydrogen) atoms. The summed E-state index contributed by atoms with van der Waals surface area (Å²) in [4.78, 5) is 17.0. The van der Waals surface area contributed by atoms with Crippen LogP contribution < -0.4 is 19.1 Å². The smallest absolute Gasteiger partial charge is 0.264 e. The van der Waals surface area contributed by atoms with Crippen molar-refractivity contribution in [1.29, 1.82) is 0 Å². The molecule has 4 rings (SSSR count). The number of methoxy groups -OCH3 is 1. The lowest BCUT2D eigenvalue weighted by molar-refractivity contribution is -0.114. The Hall–Kier alpha value is -4.42. The summed E-state index contributed by atoms with van der Waals surface area (Å²) < 4.78 is 61.0. The average Bonchev–Trinajstić information content (AvgIpc) is 2.92. The Bertz CT molecular complexity index is 1660. The van der Waals surface area contributed by atoms with Crippen molar-refractivity contribution < 1.29 is 26.4 Å². The Balaban J connectivity index is 1.55. The maximum Gasteiger partial charge on any atom is 0.264 e. The maximum absolute atomic E-state index is 13.6. The van der Waals surface area contributed by atoms with Crippen LogP contribution in [0.5, 0.6) is 5.75 Å². The van der Waals surface area contributed by atoms with Gasteiger partial charge in [0.15, 0.2) is 0 Å². The highest BCUT2D eigenvalue weighted by atomic mass is 32.2. The molecule has 0 aliphatic rings. The van der Waals surface area contributed by atoms with Gasteiger partial charge in [0, 0.05) is 18.0 Å². The molecule has 1 heterocycles. The Kier molecular flexibility index (Phi) is 8.17. The second-order valence-electron chi connectivity index (χ2n) is 8.42. The van der Waals surface area contributed by atoms with Crippen molar-refractivity contribution in [2.24, 2.45) is 0 Å². The van der Waals surface area contributed by atoms with E-state index in [-0.39, 0.29) is 27.0 Å². The van der Waals surface area contributed by atoms with Crippen LogP contribution in [-0.2, 0) is 24.8 Å². The molecule has 1 aromatic heterocycles. The van der Waals surface area contributed by atoms with Crippen molar-refractivity contribution in [1.82, 2.24) is 4.98 Å². The quantitative estimate of drug-likeness (QED) is 0.296. The summed E-state index contributed by atoms with van der Waals surface area (Å²) in [5.74, 6) is -0.0360. The molecule has 2 N–H and O–H groups in total. The zero-order valence-electron chi connectivity index (χ0n) is 21.1. The van der Waals surface area contributed by atoms with Crippen molar-refractivity contribution in [3.8, 4) is 5.75 Å². The lowest BCUT2D eigenvalue weighted by atomic mass is 10.2. The van der Waals surface area contributed by atoms with Crippen LogP contribution >= 0.6 is 0 Å². The predicted octanol–water partition coefficient (Wildman–Crippen LogP) is 4.03. The molecule has 0 aliphatic heterocycles. The van der Waals surface area contributed by atoms with Gasteiger partial charge in [-0.1, -0.05) is 29.8 Å². The minimum Gasteiger partial charge on any atom is -0.497 e. The van der Waals surface area contributed by atoms with Gasteiger partial charge in [0.2, 0.25) is 5.91 Å². The van der Waals surface area contributed by atoms with Crippen LogP contribution in [0.4, 0.5) is 17.2 Å². The van der Waals surface area contributed by atoms with Crippen molar-refractivity contribution >= 4 is 43.1 Å². The molecular weight excluding hydrogens is 540 g/mol. The number of pyridine rings is 1. The van der Waals surface area contributed by atoms with Gasteiger partial charge >= 0.3 is 0 Å². The molecule has 0 fully saturated rings. The Morgan fingerprint density at radius 3 is 2.21 bits per heavy atom. The van der Waals surface area contributed by atoms with Crippen LogP contribution in [0.15, 0.2) is 107 Å². The highest BCUT2D eigenvalue weighted by Crippen LogP contribution is 2.27. The van der Waals surface area contributed by atoms with Gasteiger partial charge in [-0.2, -0.15) is 0 Å². The molecule has 0 radical (unpaired) electrons. The van der Waals surface area contributed by atoms with Crippen molar-refractivity contribution in [3.63, 3.8) is 0 Å². The number of amides is 1. The summed E-state index contributed by atoms with van der Waals surface area (Å²) >= 11 is 0. The first-order chi connectivity index (χ1) is 18.6. The number of aromatic nitrogens is 1. The van der Waals surface area contributed by atoms with E-state index >= 15 is 0 Å². The molecule has 0 saturated carbocycles. The molecule has 10 nitrogen and oxygen atoms in total. The van der Waals surface area contributed by atoms with Gasteiger partial charge in [-0.25, -0.2) is 21.8 Å². The monoisotopic (exact) mass is 566 g/mol. The number of carbonyl (C=O) groups excluding carboxylic acids is 1. The molecule has 3 aromatic carbocycles. The summed E-state index contributed by atoms with van der Waals surface area (Å²) in [5.41, 5.74) is 1.42. The lowest BCUT2D eigenvalue weighted by Gasteiger charge is -2.24. The lowest BCUT2D eigenvalue weighted by Crippen LogP contribution is -2.38. The number of sulfonamides is 2. The van der Waals surface area contributed by atoms with E-state index in [4.69, 9.17) is 4.74 Å². The predicted molar refractivity (Wildman–Crippen MR) is 149 cm³/mol. The van der Waals surface area contributed by atoms with Crippen LogP contribution in [-0.4, -0.2) is 41.4 Å². The summed E-state index contributed by atoms with van der Waals surface area (Å²) in [6.45, 7) is 1.31. The molecule has 0 saturated heterocycles. The second-order valence-corrected chi connectivity index (χ2v) is 12.0. The van der Waals surface area contributed by atoms with E-state index in [0.717, 1.165) is 9.87 Å². The number of nitrogens with zero attached hydrogens (tertiary/aromatic N) is 2. The number of ether oxygens (including phenoxy) is 1. The molecule has 12 heteroatoms. The van der Waals surface area contributed by atoms with Gasteiger partial charge in [-0.15, -0.1) is 0 Å². The average molecular weight is 567 g/mol. The van der Waals surface area contributed by atoms with Gasteiger partial charge in [0.1, 0.15) is 18.1 Å². The summed E-state index contributed by atoms with van der Waals surface area (Å²) in [7, 11) is -6.55. The molecule has 4 aromatic rings.